The standard InChI is InChI=1S/C56H71N7O9.C51H63N7O8/c1-9-68-55(66)60-50(37-19-31(5)71-32(6)20-37)53(64)62-29(3)11-17-47(62)45-25-42-41-26-49-43(24-35(41)14-16-44(42)58-45)40-15-13-36(23-39(40)28-70-49)46-27-57-52(59-46)48-18-12-30(4)63(48)54(65)51(61-56(67)69-10-2)38-21-33(7)72-34(8)22-38;1-9-26(2)45(55-50(61)63-7)48(59)57-27(3)10-16-42(57)40-22-37-36-23-44-38(21-31(36)13-15-39(37)53-40)35-14-12-32(20-34(35)25-65-44)41-24-52-47(54-41)43-17-11-28(4)58(43)49(60)46(56-51(62)64-8)33-18-29(5)66-30(6)19-33/h13-16,23-24,26-27,29-34,37-38,47-48,50-51H,9-12,17-22,25,28H2,1-8H3,(H,57,59)(H,60,66)(H,61,67);12-15,20-21,23-24,26-30,33,42-43,45-46H,9-11,16-19,22,25H2,1-8H3,(H,52,54)(H,55,61)(H,56,62)/t29-,30-,31+,32+,33+,34+,47?,48-,50-,51-;26-,27-,28-,29+,30+,42-,43-,45-,46-/m00/s1. The largest absolute Gasteiger partial charge is 0.488 e. The number of carbonyl (C=O) groups excluding carboxylic acids is 8. The number of likely N-dealkylation sites (tertiary alicyclic amines) is 4. The van der Waals surface area contributed by atoms with Crippen LogP contribution in [0.25, 0.3) is 66.3 Å². The van der Waals surface area contributed by atoms with Gasteiger partial charge >= 0.3 is 24.4 Å². The van der Waals surface area contributed by atoms with Crippen LogP contribution in [0.3, 0.4) is 0 Å². The second-order valence-electron chi connectivity index (χ2n) is 40.5. The molecule has 7 saturated heterocycles. The number of amides is 8. The smallest absolute Gasteiger partial charge is 0.407 e. The number of H-pyrrole nitrogens is 2. The van der Waals surface area contributed by atoms with E-state index < -0.39 is 48.5 Å². The lowest BCUT2D eigenvalue weighted by molar-refractivity contribution is -0.141. The molecule has 734 valence electrons. The Balaban J connectivity index is 0.000000184. The van der Waals surface area contributed by atoms with Crippen LogP contribution in [0.15, 0.2) is 107 Å². The Morgan fingerprint density at radius 2 is 0.775 bits per heavy atom. The van der Waals surface area contributed by atoms with Gasteiger partial charge in [-0.3, -0.25) is 29.2 Å². The average Bonchev–Trinajstić information content (AvgIpc) is 1.48. The molecular formula is C107H134N14O17. The molecule has 19 rings (SSSR count). The van der Waals surface area contributed by atoms with Crippen molar-refractivity contribution in [1.82, 2.24) is 60.8 Å². The van der Waals surface area contributed by atoms with Gasteiger partial charge in [-0.15, -0.1) is 0 Å². The number of imidazole rings is 2. The van der Waals surface area contributed by atoms with E-state index in [1.165, 1.54) is 14.2 Å². The van der Waals surface area contributed by atoms with Crippen LogP contribution < -0.4 is 30.7 Å². The fourth-order valence-electron chi connectivity index (χ4n) is 24.3. The van der Waals surface area contributed by atoms with E-state index in [1.807, 2.05) is 87.4 Å². The van der Waals surface area contributed by atoms with Crippen LogP contribution in [0.4, 0.5) is 30.6 Å². The van der Waals surface area contributed by atoms with E-state index in [2.05, 4.69) is 144 Å². The fraction of sp³-hybridized carbons (Fsp3) is 0.551. The van der Waals surface area contributed by atoms with Gasteiger partial charge in [0.15, 0.2) is 0 Å². The Morgan fingerprint density at radius 1 is 0.420 bits per heavy atom. The number of aromatic nitrogens is 4. The Bertz CT molecular complexity index is 6020. The Morgan fingerprint density at radius 3 is 1.14 bits per heavy atom. The van der Waals surface area contributed by atoms with Gasteiger partial charge < -0.3 is 93.5 Å². The molecule has 138 heavy (non-hydrogen) atoms. The first-order valence-electron chi connectivity index (χ1n) is 50.2. The third-order valence-electron chi connectivity index (χ3n) is 31.0. The summed E-state index contributed by atoms with van der Waals surface area (Å²) in [5, 5.41) is 16.0. The maximum absolute atomic E-state index is 14.8. The summed E-state index contributed by atoms with van der Waals surface area (Å²) < 4.78 is 51.5. The number of aromatic amines is 2. The summed E-state index contributed by atoms with van der Waals surface area (Å²) in [6.07, 6.45) is 13.5. The summed E-state index contributed by atoms with van der Waals surface area (Å²) in [5.41, 5.74) is 16.0. The molecule has 1 unspecified atom stereocenters. The lowest BCUT2D eigenvalue weighted by Gasteiger charge is -2.39. The third kappa shape index (κ3) is 19.3. The van der Waals surface area contributed by atoms with Crippen molar-refractivity contribution in [3.63, 3.8) is 0 Å². The Hall–Kier alpha value is -12.0. The highest BCUT2D eigenvalue weighted by molar-refractivity contribution is 6.09. The van der Waals surface area contributed by atoms with Gasteiger partial charge in [0.05, 0.1) is 123 Å². The quantitative estimate of drug-likeness (QED) is 0.0364. The molecule has 0 radical (unpaired) electrons. The minimum Gasteiger partial charge on any atom is -0.488 e. The van der Waals surface area contributed by atoms with E-state index in [9.17, 15) is 38.4 Å². The molecule has 8 amide bonds. The van der Waals surface area contributed by atoms with Crippen molar-refractivity contribution in [3.05, 3.63) is 131 Å². The van der Waals surface area contributed by atoms with Gasteiger partial charge in [-0.25, -0.2) is 29.1 Å². The number of hydrogen-bond donors (Lipinski definition) is 6. The van der Waals surface area contributed by atoms with E-state index in [1.54, 1.807) is 13.8 Å². The van der Waals surface area contributed by atoms with Crippen LogP contribution in [0.5, 0.6) is 11.5 Å². The highest BCUT2D eigenvalue weighted by Crippen LogP contribution is 2.50. The predicted molar refractivity (Wildman–Crippen MR) is 524 cm³/mol. The molecule has 11 aliphatic rings. The van der Waals surface area contributed by atoms with E-state index in [0.717, 1.165) is 181 Å². The van der Waals surface area contributed by atoms with Crippen molar-refractivity contribution in [1.29, 1.82) is 0 Å². The van der Waals surface area contributed by atoms with E-state index in [-0.39, 0.29) is 145 Å². The van der Waals surface area contributed by atoms with Crippen molar-refractivity contribution in [2.24, 2.45) is 33.7 Å². The van der Waals surface area contributed by atoms with Gasteiger partial charge in [0.25, 0.3) is 0 Å². The zero-order valence-corrected chi connectivity index (χ0v) is 82.3. The second-order valence-corrected chi connectivity index (χ2v) is 40.5. The van der Waals surface area contributed by atoms with Crippen LogP contribution in [0, 0.1) is 23.7 Å². The molecule has 8 aromatic rings. The van der Waals surface area contributed by atoms with Gasteiger partial charge in [0.2, 0.25) is 23.6 Å². The molecule has 0 saturated carbocycles. The van der Waals surface area contributed by atoms with Crippen LogP contribution in [-0.4, -0.2) is 223 Å². The molecule has 19 atom stereocenters. The van der Waals surface area contributed by atoms with Crippen molar-refractivity contribution in [3.8, 4) is 56.3 Å². The Labute approximate surface area is 806 Å². The molecule has 31 heteroatoms. The Kier molecular flexibility index (Phi) is 28.2. The van der Waals surface area contributed by atoms with Gasteiger partial charge in [-0.2, -0.15) is 0 Å². The monoisotopic (exact) mass is 1890 g/mol. The number of ether oxygens (including phenoxy) is 9. The predicted octanol–water partition coefficient (Wildman–Crippen LogP) is 18.0. The van der Waals surface area contributed by atoms with Crippen LogP contribution in [0.2, 0.25) is 0 Å². The molecule has 31 nitrogen and oxygen atoms in total. The molecule has 0 aliphatic carbocycles. The molecule has 13 heterocycles. The van der Waals surface area contributed by atoms with E-state index in [4.69, 9.17) is 62.6 Å². The van der Waals surface area contributed by atoms with Gasteiger partial charge in [0.1, 0.15) is 60.5 Å². The molecule has 0 spiro atoms. The van der Waals surface area contributed by atoms with Crippen molar-refractivity contribution >= 4 is 92.3 Å². The molecule has 6 aromatic carbocycles. The first-order chi connectivity index (χ1) is 66.4. The summed E-state index contributed by atoms with van der Waals surface area (Å²) in [7, 11) is 2.63. The maximum atomic E-state index is 14.8. The highest BCUT2D eigenvalue weighted by atomic mass is 16.6. The molecule has 11 aliphatic heterocycles. The summed E-state index contributed by atoms with van der Waals surface area (Å²) in [6.45, 7) is 29.1. The van der Waals surface area contributed by atoms with E-state index in [0.29, 0.717) is 76.2 Å². The average molecular weight is 1890 g/mol. The highest BCUT2D eigenvalue weighted by Gasteiger charge is 2.51. The number of methoxy groups -OCH3 is 2. The number of nitrogens with zero attached hydrogens (tertiary/aromatic N) is 8. The zero-order chi connectivity index (χ0) is 97.1. The van der Waals surface area contributed by atoms with E-state index >= 15 is 0 Å². The van der Waals surface area contributed by atoms with Crippen molar-refractivity contribution in [2.75, 3.05) is 27.4 Å². The van der Waals surface area contributed by atoms with Crippen molar-refractivity contribution in [2.45, 2.75) is 328 Å². The fourth-order valence-corrected chi connectivity index (χ4v) is 24.3. The van der Waals surface area contributed by atoms with Gasteiger partial charge in [0, 0.05) is 59.6 Å². The van der Waals surface area contributed by atoms with Crippen LogP contribution in [0.1, 0.15) is 239 Å². The summed E-state index contributed by atoms with van der Waals surface area (Å²) in [6, 6.07) is 26.0. The molecule has 6 N–H and O–H groups in total. The van der Waals surface area contributed by atoms with Gasteiger partial charge in [-0.1, -0.05) is 56.7 Å². The van der Waals surface area contributed by atoms with Crippen LogP contribution >= 0.6 is 0 Å². The number of aliphatic imine (C=N–C) groups is 2. The molecule has 7 fully saturated rings. The number of carbonyl (C=O) groups is 8. The minimum atomic E-state index is -0.746. The number of benzene rings is 6. The topological polar surface area (TPSA) is 363 Å². The maximum Gasteiger partial charge on any atom is 0.407 e. The van der Waals surface area contributed by atoms with Crippen LogP contribution in [-0.2, 0) is 78.4 Å². The number of nitrogens with one attached hydrogen (secondary N) is 6. The minimum absolute atomic E-state index is 0.0111. The lowest BCUT2D eigenvalue weighted by Crippen LogP contribution is -2.57. The van der Waals surface area contributed by atoms with Gasteiger partial charge in [-0.05, 0) is 311 Å². The molecule has 2 aromatic heterocycles. The third-order valence-corrected chi connectivity index (χ3v) is 31.0. The zero-order valence-electron chi connectivity index (χ0n) is 82.3. The molecular weight excluding hydrogens is 1750 g/mol. The number of alkyl carbamates (subject to hydrolysis) is 4. The number of fused-ring (bicyclic) bond motifs is 12. The summed E-state index contributed by atoms with van der Waals surface area (Å²) in [5.74, 6) is 2.29. The second kappa shape index (κ2) is 40.5. The summed E-state index contributed by atoms with van der Waals surface area (Å²) >= 11 is 0. The lowest BCUT2D eigenvalue weighted by atomic mass is 9.85. The number of rotatable bonds is 21. The first-order valence-corrected chi connectivity index (χ1v) is 50.2. The van der Waals surface area contributed by atoms with Crippen molar-refractivity contribution < 1.29 is 81.0 Å². The SMILES string of the molecule is CCOC(=O)N[C@H](C(=O)N1C(C2=Nc3ccc4cc5c(cc4c3C2)OCc2cc(-c3cnc([C@@H]4CC[C@H](C)N4C(=O)[C@@H](NC(=O)OCC)C4C[C@@H](C)O[C@H](C)C4)[nH]3)ccc2-5)CC[C@@H]1C)C1C[C@@H](C)O[C@H](C)C1.CC[C@H](C)[C@H](NC(=O)OC)C(=O)N1[C@@H](C)CC[C@H]1C1=Nc2ccc3cc4c(cc3c2C1)OCc1cc(-c2cnc([C@@H]3CC[C@H](C)N3C(=O)[C@@H](NC(=O)OC)C3C[C@@H](C)O[C@H](C)C3)[nH]2)ccc1-4. The first kappa shape index (κ1) is 96.3. The molecule has 0 bridgehead atoms. The number of hydrogen-bond acceptors (Lipinski definition) is 21. The normalized spacial score (nSPS) is 27.2. The summed E-state index contributed by atoms with van der Waals surface area (Å²) in [4.78, 5) is 144.